The maximum atomic E-state index is 11.5. The molecule has 0 radical (unpaired) electrons. The van der Waals surface area contributed by atoms with E-state index in [2.05, 4.69) is 0 Å². The number of quaternary nitrogens is 1. The highest BCUT2D eigenvalue weighted by Gasteiger charge is 2.10. The topological polar surface area (TPSA) is 73.9 Å². The van der Waals surface area contributed by atoms with Crippen LogP contribution in [0.1, 0.15) is 10.4 Å². The Hall–Kier alpha value is -1.95. The lowest BCUT2D eigenvalue weighted by Gasteiger charge is -2.07. The quantitative estimate of drug-likeness (QED) is 0.442. The van der Waals surface area contributed by atoms with Crippen molar-refractivity contribution >= 4 is 11.7 Å². The van der Waals surface area contributed by atoms with Gasteiger partial charge in [-0.3, -0.25) is 10.1 Å². The number of nitrogens with one attached hydrogen (secondary N) is 1. The largest absolute Gasteiger partial charge is 0.456 e. The standard InChI is InChI=1S/C11H14N2O4/c1-12(2)7-8-17-11(14)9-3-5-10(6-4-9)13(15)16/h3-6H,7-8H2,1-2H3/p+1. The van der Waals surface area contributed by atoms with E-state index in [1.165, 1.54) is 29.2 Å². The number of non-ortho nitro benzene ring substituents is 1. The number of hydrogen-bond acceptors (Lipinski definition) is 4. The first kappa shape index (κ1) is 13.1. The fourth-order valence-corrected chi connectivity index (χ4v) is 1.15. The molecule has 0 bridgehead atoms. The summed E-state index contributed by atoms with van der Waals surface area (Å²) in [6, 6.07) is 5.35. The summed E-state index contributed by atoms with van der Waals surface area (Å²) < 4.78 is 5.01. The number of nitrogens with zero attached hydrogens (tertiary/aromatic N) is 1. The number of nitro benzene ring substituents is 1. The SMILES string of the molecule is C[NH+](C)CCOC(=O)c1ccc([N+](=O)[O-])cc1. The van der Waals surface area contributed by atoms with Gasteiger partial charge in [-0.15, -0.1) is 0 Å². The lowest BCUT2D eigenvalue weighted by molar-refractivity contribution is -0.858. The zero-order valence-corrected chi connectivity index (χ0v) is 9.80. The molecule has 1 aromatic carbocycles. The summed E-state index contributed by atoms with van der Waals surface area (Å²) in [5, 5.41) is 10.4. The van der Waals surface area contributed by atoms with Gasteiger partial charge in [-0.25, -0.2) is 4.79 Å². The van der Waals surface area contributed by atoms with Gasteiger partial charge in [0.05, 0.1) is 24.6 Å². The molecule has 0 aliphatic heterocycles. The zero-order chi connectivity index (χ0) is 12.8. The minimum atomic E-state index is -0.509. The van der Waals surface area contributed by atoms with Gasteiger partial charge in [0.25, 0.3) is 5.69 Å². The van der Waals surface area contributed by atoms with Crippen LogP contribution in [0, 0.1) is 10.1 Å². The van der Waals surface area contributed by atoms with Crippen LogP contribution in [0.4, 0.5) is 5.69 Å². The van der Waals surface area contributed by atoms with Gasteiger partial charge in [-0.2, -0.15) is 0 Å². The van der Waals surface area contributed by atoms with Crippen LogP contribution in [0.15, 0.2) is 24.3 Å². The van der Waals surface area contributed by atoms with E-state index < -0.39 is 10.9 Å². The van der Waals surface area contributed by atoms with E-state index >= 15 is 0 Å². The maximum absolute atomic E-state index is 11.5. The summed E-state index contributed by atoms with van der Waals surface area (Å²) in [5.41, 5.74) is 0.281. The smallest absolute Gasteiger partial charge is 0.338 e. The Morgan fingerprint density at radius 1 is 1.35 bits per heavy atom. The van der Waals surface area contributed by atoms with Crippen molar-refractivity contribution in [1.82, 2.24) is 0 Å². The summed E-state index contributed by atoms with van der Waals surface area (Å²) in [6.07, 6.45) is 0. The minimum Gasteiger partial charge on any atom is -0.456 e. The number of rotatable bonds is 5. The van der Waals surface area contributed by atoms with Gasteiger partial charge >= 0.3 is 5.97 Å². The molecule has 0 aliphatic rings. The van der Waals surface area contributed by atoms with Crippen LogP contribution in [-0.2, 0) is 4.74 Å². The number of esters is 1. The number of hydrogen-bond donors (Lipinski definition) is 1. The maximum Gasteiger partial charge on any atom is 0.338 e. The molecule has 0 aliphatic carbocycles. The third kappa shape index (κ3) is 4.20. The van der Waals surface area contributed by atoms with Crippen LogP contribution in [0.25, 0.3) is 0 Å². The molecule has 0 fully saturated rings. The zero-order valence-electron chi connectivity index (χ0n) is 9.80. The molecule has 0 amide bonds. The van der Waals surface area contributed by atoms with Crippen molar-refractivity contribution < 1.29 is 19.4 Å². The summed E-state index contributed by atoms with van der Waals surface area (Å²) >= 11 is 0. The highest BCUT2D eigenvalue weighted by Crippen LogP contribution is 2.12. The second-order valence-corrected chi connectivity index (χ2v) is 3.90. The van der Waals surface area contributed by atoms with Gasteiger partial charge in [-0.1, -0.05) is 0 Å². The van der Waals surface area contributed by atoms with Gasteiger partial charge in [-0.05, 0) is 12.1 Å². The number of ether oxygens (including phenoxy) is 1. The number of likely N-dealkylation sites (N-methyl/N-ethyl adjacent to an activating group) is 1. The molecule has 0 atom stereocenters. The molecule has 1 N–H and O–H groups in total. The second kappa shape index (κ2) is 5.95. The van der Waals surface area contributed by atoms with E-state index in [1.807, 2.05) is 14.1 Å². The second-order valence-electron chi connectivity index (χ2n) is 3.90. The van der Waals surface area contributed by atoms with Crippen LogP contribution in [-0.4, -0.2) is 38.1 Å². The highest BCUT2D eigenvalue weighted by atomic mass is 16.6. The first-order valence-corrected chi connectivity index (χ1v) is 5.21. The number of nitro groups is 1. The molecule has 0 spiro atoms. The molecule has 0 heterocycles. The molecule has 1 rings (SSSR count). The Morgan fingerprint density at radius 3 is 2.41 bits per heavy atom. The molecule has 1 aromatic rings. The molecule has 92 valence electrons. The predicted molar refractivity (Wildman–Crippen MR) is 61.1 cm³/mol. The molecular formula is C11H15N2O4+. The van der Waals surface area contributed by atoms with Gasteiger partial charge < -0.3 is 9.64 Å². The van der Waals surface area contributed by atoms with Crippen molar-refractivity contribution in [2.45, 2.75) is 0 Å². The van der Waals surface area contributed by atoms with E-state index in [-0.39, 0.29) is 5.69 Å². The van der Waals surface area contributed by atoms with Gasteiger partial charge in [0.15, 0.2) is 0 Å². The molecular weight excluding hydrogens is 224 g/mol. The monoisotopic (exact) mass is 239 g/mol. The van der Waals surface area contributed by atoms with E-state index in [0.717, 1.165) is 6.54 Å². The Morgan fingerprint density at radius 2 is 1.94 bits per heavy atom. The third-order valence-corrected chi connectivity index (χ3v) is 2.15. The molecule has 0 saturated heterocycles. The van der Waals surface area contributed by atoms with Crippen molar-refractivity contribution in [1.29, 1.82) is 0 Å². The summed E-state index contributed by atoms with van der Waals surface area (Å²) in [4.78, 5) is 22.6. The van der Waals surface area contributed by atoms with Crippen molar-refractivity contribution in [3.63, 3.8) is 0 Å². The third-order valence-electron chi connectivity index (χ3n) is 2.15. The fourth-order valence-electron chi connectivity index (χ4n) is 1.15. The molecule has 0 aromatic heterocycles. The number of carbonyl (C=O) groups is 1. The Kier molecular flexibility index (Phi) is 4.59. The summed E-state index contributed by atoms with van der Waals surface area (Å²) in [6.45, 7) is 1.05. The summed E-state index contributed by atoms with van der Waals surface area (Å²) in [7, 11) is 3.92. The Bertz CT molecular complexity index is 400. The minimum absolute atomic E-state index is 0.0423. The van der Waals surface area contributed by atoms with Crippen LogP contribution < -0.4 is 4.90 Å². The van der Waals surface area contributed by atoms with Gasteiger partial charge in [0.1, 0.15) is 13.2 Å². The van der Waals surface area contributed by atoms with Crippen molar-refractivity contribution in [2.75, 3.05) is 27.2 Å². The van der Waals surface area contributed by atoms with E-state index in [1.54, 1.807) is 0 Å². The number of benzene rings is 1. The van der Waals surface area contributed by atoms with Crippen molar-refractivity contribution in [3.8, 4) is 0 Å². The molecule has 17 heavy (non-hydrogen) atoms. The fraction of sp³-hybridized carbons (Fsp3) is 0.364. The van der Waals surface area contributed by atoms with Crippen molar-refractivity contribution in [2.24, 2.45) is 0 Å². The van der Waals surface area contributed by atoms with Gasteiger partial charge in [0.2, 0.25) is 0 Å². The van der Waals surface area contributed by atoms with Crippen LogP contribution >= 0.6 is 0 Å². The lowest BCUT2D eigenvalue weighted by Crippen LogP contribution is -3.06. The molecule has 0 saturated carbocycles. The average molecular weight is 239 g/mol. The lowest BCUT2D eigenvalue weighted by atomic mass is 10.2. The Balaban J connectivity index is 2.55. The first-order valence-electron chi connectivity index (χ1n) is 5.21. The molecule has 6 nitrogen and oxygen atoms in total. The normalized spacial score (nSPS) is 10.3. The van der Waals surface area contributed by atoms with Crippen LogP contribution in [0.2, 0.25) is 0 Å². The molecule has 0 unspecified atom stereocenters. The van der Waals surface area contributed by atoms with Gasteiger partial charge in [0, 0.05) is 12.1 Å². The van der Waals surface area contributed by atoms with E-state index in [4.69, 9.17) is 4.74 Å². The number of carbonyl (C=O) groups excluding carboxylic acids is 1. The Labute approximate surface area is 98.9 Å². The average Bonchev–Trinajstić information content (AvgIpc) is 2.28. The van der Waals surface area contributed by atoms with Crippen LogP contribution in [0.3, 0.4) is 0 Å². The van der Waals surface area contributed by atoms with Crippen LogP contribution in [0.5, 0.6) is 0 Å². The van der Waals surface area contributed by atoms with Crippen molar-refractivity contribution in [3.05, 3.63) is 39.9 Å². The first-order chi connectivity index (χ1) is 8.00. The molecule has 6 heteroatoms. The highest BCUT2D eigenvalue weighted by molar-refractivity contribution is 5.89. The van der Waals surface area contributed by atoms with E-state index in [0.29, 0.717) is 12.2 Å². The van der Waals surface area contributed by atoms with E-state index in [9.17, 15) is 14.9 Å². The predicted octanol–water partition coefficient (Wildman–Crippen LogP) is -0.104. The summed E-state index contributed by atoms with van der Waals surface area (Å²) in [5.74, 6) is -0.457.